The van der Waals surface area contributed by atoms with Crippen molar-refractivity contribution in [2.24, 2.45) is 5.41 Å². The van der Waals surface area contributed by atoms with Crippen LogP contribution in [0.25, 0.3) is 0 Å². The van der Waals surface area contributed by atoms with E-state index in [0.29, 0.717) is 24.6 Å². The summed E-state index contributed by atoms with van der Waals surface area (Å²) in [6, 6.07) is 4.83. The van der Waals surface area contributed by atoms with Crippen LogP contribution in [0.3, 0.4) is 0 Å². The standard InChI is InChI=1S/C16H24N2O4S/c1-21-13-4-5-15(14(10-13)22-2)23(19,20)18-9-7-16(12-18)6-3-8-17-11-16/h4-5,10,17H,3,6-9,11-12H2,1-2H3/t16-/m0/s1. The summed E-state index contributed by atoms with van der Waals surface area (Å²) in [5.41, 5.74) is 0.0883. The van der Waals surface area contributed by atoms with E-state index in [9.17, 15) is 8.42 Å². The predicted molar refractivity (Wildman–Crippen MR) is 87.5 cm³/mol. The molecule has 7 heteroatoms. The van der Waals surface area contributed by atoms with Gasteiger partial charge in [0.2, 0.25) is 10.0 Å². The van der Waals surface area contributed by atoms with Gasteiger partial charge in [-0.15, -0.1) is 0 Å². The van der Waals surface area contributed by atoms with E-state index in [1.54, 1.807) is 29.6 Å². The van der Waals surface area contributed by atoms with Crippen LogP contribution in [-0.4, -0.2) is 53.1 Å². The van der Waals surface area contributed by atoms with E-state index in [0.717, 1.165) is 32.4 Å². The number of methoxy groups -OCH3 is 2. The van der Waals surface area contributed by atoms with Gasteiger partial charge >= 0.3 is 0 Å². The first-order chi connectivity index (χ1) is 11.0. The van der Waals surface area contributed by atoms with E-state index in [-0.39, 0.29) is 10.3 Å². The van der Waals surface area contributed by atoms with Gasteiger partial charge < -0.3 is 14.8 Å². The molecule has 0 unspecified atom stereocenters. The summed E-state index contributed by atoms with van der Waals surface area (Å²) in [4.78, 5) is 0.210. The van der Waals surface area contributed by atoms with Crippen molar-refractivity contribution in [1.29, 1.82) is 0 Å². The molecule has 0 bridgehead atoms. The minimum absolute atomic E-state index is 0.0883. The van der Waals surface area contributed by atoms with Crippen LogP contribution in [0.1, 0.15) is 19.3 Å². The van der Waals surface area contributed by atoms with Crippen molar-refractivity contribution >= 4 is 10.0 Å². The highest BCUT2D eigenvalue weighted by molar-refractivity contribution is 7.89. The molecular formula is C16H24N2O4S. The monoisotopic (exact) mass is 340 g/mol. The molecule has 128 valence electrons. The maximum absolute atomic E-state index is 13.0. The molecule has 0 saturated carbocycles. The summed E-state index contributed by atoms with van der Waals surface area (Å²) in [7, 11) is -0.535. The molecule has 1 N–H and O–H groups in total. The topological polar surface area (TPSA) is 67.9 Å². The van der Waals surface area contributed by atoms with Crippen molar-refractivity contribution in [3.05, 3.63) is 18.2 Å². The van der Waals surface area contributed by atoms with Crippen LogP contribution in [-0.2, 0) is 10.0 Å². The third-order valence-corrected chi connectivity index (χ3v) is 6.84. The molecule has 1 atom stereocenters. The summed E-state index contributed by atoms with van der Waals surface area (Å²) in [5.74, 6) is 0.905. The lowest BCUT2D eigenvalue weighted by atomic mass is 9.80. The number of hydrogen-bond acceptors (Lipinski definition) is 5. The van der Waals surface area contributed by atoms with Crippen molar-refractivity contribution in [3.63, 3.8) is 0 Å². The van der Waals surface area contributed by atoms with E-state index in [1.165, 1.54) is 7.11 Å². The summed E-state index contributed by atoms with van der Waals surface area (Å²) >= 11 is 0. The molecule has 2 aliphatic heterocycles. The Morgan fingerprint density at radius 2 is 2.04 bits per heavy atom. The maximum Gasteiger partial charge on any atom is 0.246 e. The largest absolute Gasteiger partial charge is 0.497 e. The quantitative estimate of drug-likeness (QED) is 0.899. The molecule has 2 heterocycles. The molecule has 2 saturated heterocycles. The number of ether oxygens (including phenoxy) is 2. The van der Waals surface area contributed by atoms with Crippen LogP contribution in [0.2, 0.25) is 0 Å². The highest BCUT2D eigenvalue weighted by Crippen LogP contribution is 2.40. The van der Waals surface area contributed by atoms with Crippen molar-refractivity contribution in [1.82, 2.24) is 9.62 Å². The van der Waals surface area contributed by atoms with Crippen molar-refractivity contribution < 1.29 is 17.9 Å². The van der Waals surface area contributed by atoms with Gasteiger partial charge in [0.1, 0.15) is 16.4 Å². The predicted octanol–water partition coefficient (Wildman–Crippen LogP) is 1.47. The third-order valence-electron chi connectivity index (χ3n) is 4.95. The Bertz CT molecular complexity index is 669. The smallest absolute Gasteiger partial charge is 0.246 e. The number of nitrogens with zero attached hydrogens (tertiary/aromatic N) is 1. The zero-order valence-electron chi connectivity index (χ0n) is 13.7. The van der Waals surface area contributed by atoms with Gasteiger partial charge in [-0.1, -0.05) is 0 Å². The molecule has 0 aromatic heterocycles. The normalized spacial score (nSPS) is 25.7. The second-order valence-electron chi connectivity index (χ2n) is 6.39. The van der Waals surface area contributed by atoms with Crippen LogP contribution >= 0.6 is 0 Å². The molecule has 0 amide bonds. The first kappa shape index (κ1) is 16.5. The highest BCUT2D eigenvalue weighted by atomic mass is 32.2. The molecule has 2 aliphatic rings. The summed E-state index contributed by atoms with van der Waals surface area (Å²) in [6.45, 7) is 3.08. The van der Waals surface area contributed by atoms with Gasteiger partial charge in [0.05, 0.1) is 14.2 Å². The Hall–Kier alpha value is -1.31. The van der Waals surface area contributed by atoms with Gasteiger partial charge in [0.25, 0.3) is 0 Å². The molecule has 2 fully saturated rings. The van der Waals surface area contributed by atoms with E-state index < -0.39 is 10.0 Å². The average Bonchev–Trinajstić information content (AvgIpc) is 2.99. The van der Waals surface area contributed by atoms with Crippen LogP contribution in [0.15, 0.2) is 23.1 Å². The fourth-order valence-corrected chi connectivity index (χ4v) is 5.30. The van der Waals surface area contributed by atoms with Crippen LogP contribution in [0.4, 0.5) is 0 Å². The minimum Gasteiger partial charge on any atom is -0.497 e. The average molecular weight is 340 g/mol. The van der Waals surface area contributed by atoms with Crippen LogP contribution in [0.5, 0.6) is 11.5 Å². The van der Waals surface area contributed by atoms with Gasteiger partial charge in [-0.05, 0) is 43.4 Å². The first-order valence-electron chi connectivity index (χ1n) is 7.94. The number of hydrogen-bond donors (Lipinski definition) is 1. The lowest BCUT2D eigenvalue weighted by molar-refractivity contribution is 0.224. The Labute approximate surface area is 137 Å². The number of nitrogens with one attached hydrogen (secondary N) is 1. The lowest BCUT2D eigenvalue weighted by Crippen LogP contribution is -2.42. The van der Waals surface area contributed by atoms with Crippen LogP contribution in [0, 0.1) is 5.41 Å². The Morgan fingerprint density at radius 3 is 2.70 bits per heavy atom. The van der Waals surface area contributed by atoms with E-state index in [4.69, 9.17) is 9.47 Å². The van der Waals surface area contributed by atoms with Gasteiger partial charge in [0, 0.05) is 25.7 Å². The van der Waals surface area contributed by atoms with E-state index in [1.807, 2.05) is 0 Å². The maximum atomic E-state index is 13.0. The number of piperidine rings is 1. The molecule has 6 nitrogen and oxygen atoms in total. The summed E-state index contributed by atoms with van der Waals surface area (Å²) in [5, 5.41) is 3.40. The van der Waals surface area contributed by atoms with Crippen molar-refractivity contribution in [2.45, 2.75) is 24.2 Å². The molecule has 1 spiro atoms. The molecule has 0 aliphatic carbocycles. The molecular weight excluding hydrogens is 316 g/mol. The zero-order chi connectivity index (χ0) is 16.5. The molecule has 0 radical (unpaired) electrons. The first-order valence-corrected chi connectivity index (χ1v) is 9.38. The Morgan fingerprint density at radius 1 is 1.22 bits per heavy atom. The second kappa shape index (κ2) is 6.30. The summed E-state index contributed by atoms with van der Waals surface area (Å²) in [6.07, 6.45) is 3.11. The van der Waals surface area contributed by atoms with E-state index >= 15 is 0 Å². The van der Waals surface area contributed by atoms with Gasteiger partial charge in [-0.2, -0.15) is 4.31 Å². The summed E-state index contributed by atoms with van der Waals surface area (Å²) < 4.78 is 38.1. The zero-order valence-corrected chi connectivity index (χ0v) is 14.5. The number of sulfonamides is 1. The molecule has 23 heavy (non-hydrogen) atoms. The van der Waals surface area contributed by atoms with Gasteiger partial charge in [-0.3, -0.25) is 0 Å². The Balaban J connectivity index is 1.87. The van der Waals surface area contributed by atoms with Crippen molar-refractivity contribution in [2.75, 3.05) is 40.4 Å². The van der Waals surface area contributed by atoms with Gasteiger partial charge in [-0.25, -0.2) is 8.42 Å². The molecule has 3 rings (SSSR count). The minimum atomic E-state index is -3.56. The van der Waals surface area contributed by atoms with Crippen LogP contribution < -0.4 is 14.8 Å². The lowest BCUT2D eigenvalue weighted by Gasteiger charge is -2.33. The number of benzene rings is 1. The molecule has 1 aromatic rings. The van der Waals surface area contributed by atoms with Gasteiger partial charge in [0.15, 0.2) is 0 Å². The Kier molecular flexibility index (Phi) is 4.53. The second-order valence-corrected chi connectivity index (χ2v) is 8.29. The fourth-order valence-electron chi connectivity index (χ4n) is 3.60. The fraction of sp³-hybridized carbons (Fsp3) is 0.625. The van der Waals surface area contributed by atoms with Crippen molar-refractivity contribution in [3.8, 4) is 11.5 Å². The highest BCUT2D eigenvalue weighted by Gasteiger charge is 2.44. The third kappa shape index (κ3) is 3.05. The number of rotatable bonds is 4. The van der Waals surface area contributed by atoms with E-state index in [2.05, 4.69) is 5.32 Å². The SMILES string of the molecule is COc1ccc(S(=O)(=O)N2CC[C@]3(CCCNC3)C2)c(OC)c1. The molecule has 1 aromatic carbocycles.